The van der Waals surface area contributed by atoms with Gasteiger partial charge in [-0.2, -0.15) is 5.26 Å². The number of hydrogen-bond acceptors (Lipinski definition) is 5. The molecule has 0 bridgehead atoms. The first-order valence-corrected chi connectivity index (χ1v) is 10.8. The SMILES string of the molecule is CCCN(Cc1cnc(-c2ccc(C(=O)Nc3ccccc3N)cc2)c(C#N)c1)C(C)C. The van der Waals surface area contributed by atoms with Gasteiger partial charge in [0.1, 0.15) is 6.07 Å². The highest BCUT2D eigenvalue weighted by atomic mass is 16.1. The zero-order valence-corrected chi connectivity index (χ0v) is 18.8. The first-order chi connectivity index (χ1) is 15.4. The molecular formula is C26H29N5O. The van der Waals surface area contributed by atoms with Crippen molar-refractivity contribution in [3.05, 3.63) is 77.5 Å². The Morgan fingerprint density at radius 1 is 1.19 bits per heavy atom. The molecular weight excluding hydrogens is 398 g/mol. The van der Waals surface area contributed by atoms with E-state index in [-0.39, 0.29) is 5.91 Å². The molecule has 2 aromatic carbocycles. The zero-order chi connectivity index (χ0) is 23.1. The molecule has 0 radical (unpaired) electrons. The lowest BCUT2D eigenvalue weighted by Crippen LogP contribution is -2.31. The molecule has 0 saturated carbocycles. The summed E-state index contributed by atoms with van der Waals surface area (Å²) in [5, 5.41) is 12.5. The smallest absolute Gasteiger partial charge is 0.255 e. The van der Waals surface area contributed by atoms with Crippen molar-refractivity contribution in [1.82, 2.24) is 9.88 Å². The Morgan fingerprint density at radius 2 is 1.91 bits per heavy atom. The minimum atomic E-state index is -0.247. The van der Waals surface area contributed by atoms with E-state index < -0.39 is 0 Å². The van der Waals surface area contributed by atoms with Crippen LogP contribution in [0.1, 0.15) is 48.7 Å². The van der Waals surface area contributed by atoms with E-state index in [2.05, 4.69) is 42.0 Å². The molecule has 1 aromatic heterocycles. The topological polar surface area (TPSA) is 95.0 Å². The number of carbonyl (C=O) groups excluding carboxylic acids is 1. The second kappa shape index (κ2) is 10.6. The van der Waals surface area contributed by atoms with Crippen LogP contribution in [0.25, 0.3) is 11.3 Å². The van der Waals surface area contributed by atoms with E-state index in [0.29, 0.717) is 34.2 Å². The minimum Gasteiger partial charge on any atom is -0.397 e. The van der Waals surface area contributed by atoms with E-state index in [1.165, 1.54) is 0 Å². The number of nitrogens with one attached hydrogen (secondary N) is 1. The summed E-state index contributed by atoms with van der Waals surface area (Å²) in [6.07, 6.45) is 2.91. The van der Waals surface area contributed by atoms with Crippen LogP contribution in [-0.4, -0.2) is 28.4 Å². The van der Waals surface area contributed by atoms with Crippen LogP contribution in [0.3, 0.4) is 0 Å². The fourth-order valence-electron chi connectivity index (χ4n) is 3.54. The molecule has 0 atom stereocenters. The Morgan fingerprint density at radius 3 is 2.53 bits per heavy atom. The van der Waals surface area contributed by atoms with Crippen LogP contribution in [0.4, 0.5) is 11.4 Å². The summed E-state index contributed by atoms with van der Waals surface area (Å²) >= 11 is 0. The summed E-state index contributed by atoms with van der Waals surface area (Å²) in [6, 6.07) is 18.8. The summed E-state index contributed by atoms with van der Waals surface area (Å²) in [4.78, 5) is 19.5. The van der Waals surface area contributed by atoms with Crippen LogP contribution in [0.2, 0.25) is 0 Å². The Labute approximate surface area is 189 Å². The molecule has 1 heterocycles. The number of benzene rings is 2. The normalized spacial score (nSPS) is 10.9. The molecule has 0 spiro atoms. The number of carbonyl (C=O) groups is 1. The molecule has 0 saturated heterocycles. The van der Waals surface area contributed by atoms with Crippen molar-refractivity contribution in [3.63, 3.8) is 0 Å². The monoisotopic (exact) mass is 427 g/mol. The van der Waals surface area contributed by atoms with Gasteiger partial charge >= 0.3 is 0 Å². The number of amides is 1. The molecule has 0 unspecified atom stereocenters. The summed E-state index contributed by atoms with van der Waals surface area (Å²) < 4.78 is 0. The fourth-order valence-corrected chi connectivity index (χ4v) is 3.54. The lowest BCUT2D eigenvalue weighted by atomic mass is 10.0. The molecule has 3 N–H and O–H groups in total. The average molecular weight is 428 g/mol. The van der Waals surface area contributed by atoms with Gasteiger partial charge in [-0.3, -0.25) is 14.7 Å². The number of hydrogen-bond donors (Lipinski definition) is 2. The van der Waals surface area contributed by atoms with Crippen molar-refractivity contribution in [1.29, 1.82) is 5.26 Å². The van der Waals surface area contributed by atoms with Crippen molar-refractivity contribution in [2.75, 3.05) is 17.6 Å². The number of aromatic nitrogens is 1. The highest BCUT2D eigenvalue weighted by Crippen LogP contribution is 2.24. The molecule has 164 valence electrons. The predicted octanol–water partition coefficient (Wildman–Crippen LogP) is 5.08. The third-order valence-electron chi connectivity index (χ3n) is 5.32. The Bertz CT molecular complexity index is 1120. The summed E-state index contributed by atoms with van der Waals surface area (Å²) in [7, 11) is 0. The van der Waals surface area contributed by atoms with Crippen LogP contribution in [-0.2, 0) is 6.54 Å². The molecule has 0 aliphatic carbocycles. The van der Waals surface area contributed by atoms with Gasteiger partial charge in [0, 0.05) is 29.9 Å². The third-order valence-corrected chi connectivity index (χ3v) is 5.32. The van der Waals surface area contributed by atoms with Crippen LogP contribution in [0.15, 0.2) is 60.8 Å². The van der Waals surface area contributed by atoms with Crippen molar-refractivity contribution in [2.24, 2.45) is 0 Å². The summed E-state index contributed by atoms with van der Waals surface area (Å²) in [6.45, 7) is 8.27. The number of nitrogens with two attached hydrogens (primary N) is 1. The molecule has 0 aliphatic rings. The molecule has 6 nitrogen and oxygen atoms in total. The molecule has 0 aliphatic heterocycles. The molecule has 3 aromatic rings. The summed E-state index contributed by atoms with van der Waals surface area (Å²) in [5.74, 6) is -0.247. The number of nitriles is 1. The van der Waals surface area contributed by atoms with Crippen LogP contribution in [0.5, 0.6) is 0 Å². The van der Waals surface area contributed by atoms with Gasteiger partial charge in [-0.1, -0.05) is 31.2 Å². The van der Waals surface area contributed by atoms with Crippen LogP contribution < -0.4 is 11.1 Å². The van der Waals surface area contributed by atoms with Gasteiger partial charge in [-0.05, 0) is 62.7 Å². The minimum absolute atomic E-state index is 0.247. The van der Waals surface area contributed by atoms with Crippen molar-refractivity contribution in [3.8, 4) is 17.3 Å². The quantitative estimate of drug-likeness (QED) is 0.489. The Kier molecular flexibility index (Phi) is 7.58. The van der Waals surface area contributed by atoms with Gasteiger partial charge in [-0.15, -0.1) is 0 Å². The average Bonchev–Trinajstić information content (AvgIpc) is 2.80. The van der Waals surface area contributed by atoms with E-state index in [1.807, 2.05) is 36.5 Å². The van der Waals surface area contributed by atoms with E-state index in [9.17, 15) is 10.1 Å². The maximum absolute atomic E-state index is 12.6. The van der Waals surface area contributed by atoms with Crippen LogP contribution in [0, 0.1) is 11.3 Å². The number of pyridine rings is 1. The molecule has 6 heteroatoms. The van der Waals surface area contributed by atoms with Gasteiger partial charge in [0.2, 0.25) is 0 Å². The maximum atomic E-state index is 12.6. The molecule has 3 rings (SSSR count). The number of anilines is 2. The second-order valence-corrected chi connectivity index (χ2v) is 8.03. The van der Waals surface area contributed by atoms with Gasteiger partial charge in [0.05, 0.1) is 22.6 Å². The first kappa shape index (κ1) is 23.0. The molecule has 32 heavy (non-hydrogen) atoms. The highest BCUT2D eigenvalue weighted by Gasteiger charge is 2.14. The number of nitrogens with zero attached hydrogens (tertiary/aromatic N) is 3. The second-order valence-electron chi connectivity index (χ2n) is 8.03. The van der Waals surface area contributed by atoms with Gasteiger partial charge in [0.25, 0.3) is 5.91 Å². The van der Waals surface area contributed by atoms with Crippen molar-refractivity contribution >= 4 is 17.3 Å². The van der Waals surface area contributed by atoms with E-state index in [0.717, 1.165) is 30.6 Å². The highest BCUT2D eigenvalue weighted by molar-refractivity contribution is 6.05. The molecule has 0 fully saturated rings. The van der Waals surface area contributed by atoms with Gasteiger partial charge in [-0.25, -0.2) is 0 Å². The third kappa shape index (κ3) is 5.51. The van der Waals surface area contributed by atoms with E-state index in [1.54, 1.807) is 24.3 Å². The van der Waals surface area contributed by atoms with Gasteiger partial charge < -0.3 is 11.1 Å². The maximum Gasteiger partial charge on any atom is 0.255 e. The zero-order valence-electron chi connectivity index (χ0n) is 18.8. The lowest BCUT2D eigenvalue weighted by molar-refractivity contribution is 0.102. The Hall–Kier alpha value is -3.69. The van der Waals surface area contributed by atoms with Crippen molar-refractivity contribution < 1.29 is 4.79 Å². The van der Waals surface area contributed by atoms with Crippen LogP contribution >= 0.6 is 0 Å². The standard InChI is InChI=1S/C26H29N5O/c1-4-13-31(18(2)3)17-19-14-22(15-27)25(29-16-19)20-9-11-21(12-10-20)26(32)30-24-8-6-5-7-23(24)28/h5-12,14,16,18H,4,13,17,28H2,1-3H3,(H,30,32). The lowest BCUT2D eigenvalue weighted by Gasteiger charge is -2.26. The van der Waals surface area contributed by atoms with E-state index >= 15 is 0 Å². The largest absolute Gasteiger partial charge is 0.397 e. The Balaban J connectivity index is 1.78. The number of rotatable bonds is 8. The van der Waals surface area contributed by atoms with E-state index in [4.69, 9.17) is 5.73 Å². The predicted molar refractivity (Wildman–Crippen MR) is 129 cm³/mol. The van der Waals surface area contributed by atoms with Crippen molar-refractivity contribution in [2.45, 2.75) is 39.8 Å². The summed E-state index contributed by atoms with van der Waals surface area (Å²) in [5.41, 5.74) is 10.4. The van der Waals surface area contributed by atoms with Gasteiger partial charge in [0.15, 0.2) is 0 Å². The first-order valence-electron chi connectivity index (χ1n) is 10.8. The number of para-hydroxylation sites is 2. The molecule has 1 amide bonds. The fraction of sp³-hybridized carbons (Fsp3) is 0.269. The number of nitrogen functional groups attached to an aromatic ring is 1.